The van der Waals surface area contributed by atoms with Crippen LogP contribution in [0.3, 0.4) is 0 Å². The average Bonchev–Trinajstić information content (AvgIpc) is 2.27. The van der Waals surface area contributed by atoms with E-state index in [4.69, 9.17) is 4.74 Å². The zero-order valence-electron chi connectivity index (χ0n) is 9.66. The van der Waals surface area contributed by atoms with Gasteiger partial charge in [-0.2, -0.15) is 0 Å². The number of carboxylic acid groups (broad SMARTS) is 1. The molecule has 1 rings (SSSR count). The summed E-state index contributed by atoms with van der Waals surface area (Å²) in [5.74, 6) is -0.799. The minimum atomic E-state index is -0.915. The molecule has 0 spiro atoms. The number of ether oxygens (including phenoxy) is 1. The molecule has 0 atom stereocenters. The number of nitrogens with zero attached hydrogens (tertiary/aromatic N) is 1. The maximum Gasteiger partial charge on any atom is 0.336 e. The lowest BCUT2D eigenvalue weighted by molar-refractivity contribution is -0.173. The van der Waals surface area contributed by atoms with Crippen LogP contribution in [0.15, 0.2) is 0 Å². The summed E-state index contributed by atoms with van der Waals surface area (Å²) < 4.78 is 5.55. The van der Waals surface area contributed by atoms with Crippen LogP contribution >= 0.6 is 0 Å². The van der Waals surface area contributed by atoms with Crippen LogP contribution in [0.4, 0.5) is 0 Å². The first-order chi connectivity index (χ1) is 7.14. The van der Waals surface area contributed by atoms with Crippen molar-refractivity contribution in [3.63, 3.8) is 0 Å². The summed E-state index contributed by atoms with van der Waals surface area (Å²) in [5, 5.41) is 9.23. The van der Waals surface area contributed by atoms with E-state index in [1.807, 2.05) is 6.92 Å². The van der Waals surface area contributed by atoms with Gasteiger partial charge >= 0.3 is 5.97 Å². The molecule has 0 unspecified atom stereocenters. The number of piperidine rings is 1. The van der Waals surface area contributed by atoms with Gasteiger partial charge in [-0.05, 0) is 25.8 Å². The van der Waals surface area contributed by atoms with Crippen molar-refractivity contribution < 1.29 is 14.6 Å². The molecule has 0 aromatic heterocycles. The summed E-state index contributed by atoms with van der Waals surface area (Å²) in [7, 11) is 0. The Balaban J connectivity index is 2.56. The van der Waals surface area contributed by atoms with Crippen molar-refractivity contribution in [2.75, 3.05) is 26.2 Å². The Kier molecular flexibility index (Phi) is 4.54. The lowest BCUT2D eigenvalue weighted by Gasteiger charge is -2.38. The Morgan fingerprint density at radius 1 is 1.40 bits per heavy atom. The molecular formula is C11H21NO3. The van der Waals surface area contributed by atoms with Crippen LogP contribution in [0.5, 0.6) is 0 Å². The highest BCUT2D eigenvalue weighted by Crippen LogP contribution is 2.26. The molecule has 0 aliphatic carbocycles. The smallest absolute Gasteiger partial charge is 0.336 e. The van der Waals surface area contributed by atoms with Crippen LogP contribution in [0.2, 0.25) is 0 Å². The quantitative estimate of drug-likeness (QED) is 0.752. The topological polar surface area (TPSA) is 49.8 Å². The molecule has 1 aliphatic heterocycles. The highest BCUT2D eigenvalue weighted by atomic mass is 16.5. The summed E-state index contributed by atoms with van der Waals surface area (Å²) in [5.41, 5.74) is -0.915. The maximum absolute atomic E-state index is 11.2. The first kappa shape index (κ1) is 12.5. The van der Waals surface area contributed by atoms with E-state index in [9.17, 15) is 9.90 Å². The van der Waals surface area contributed by atoms with Gasteiger partial charge in [-0.1, -0.05) is 13.8 Å². The second kappa shape index (κ2) is 5.47. The van der Waals surface area contributed by atoms with Crippen molar-refractivity contribution in [3.05, 3.63) is 0 Å². The predicted molar refractivity (Wildman–Crippen MR) is 58.0 cm³/mol. The standard InChI is InChI=1S/C11H21NO3/c1-3-9-15-11(10(13)14)5-7-12(4-2)8-6-11/h3-9H2,1-2H3,(H,13,14). The van der Waals surface area contributed by atoms with Crippen molar-refractivity contribution in [2.24, 2.45) is 0 Å². The summed E-state index contributed by atoms with van der Waals surface area (Å²) in [4.78, 5) is 13.5. The van der Waals surface area contributed by atoms with E-state index in [1.165, 1.54) is 0 Å². The fraction of sp³-hybridized carbons (Fsp3) is 0.909. The second-order valence-electron chi connectivity index (χ2n) is 4.08. The summed E-state index contributed by atoms with van der Waals surface area (Å²) >= 11 is 0. The normalized spacial score (nSPS) is 21.5. The third kappa shape index (κ3) is 2.92. The molecule has 1 saturated heterocycles. The van der Waals surface area contributed by atoms with E-state index in [0.717, 1.165) is 26.1 Å². The number of aliphatic carboxylic acids is 1. The number of carbonyl (C=O) groups is 1. The third-order valence-electron chi connectivity index (χ3n) is 3.08. The summed E-state index contributed by atoms with van der Waals surface area (Å²) in [6, 6.07) is 0. The molecule has 1 fully saturated rings. The Labute approximate surface area is 91.2 Å². The van der Waals surface area contributed by atoms with E-state index in [0.29, 0.717) is 19.4 Å². The summed E-state index contributed by atoms with van der Waals surface area (Å²) in [6.07, 6.45) is 2.08. The van der Waals surface area contributed by atoms with Gasteiger partial charge in [0.05, 0.1) is 0 Å². The Hall–Kier alpha value is -0.610. The fourth-order valence-electron chi connectivity index (χ4n) is 1.95. The average molecular weight is 215 g/mol. The maximum atomic E-state index is 11.2. The lowest BCUT2D eigenvalue weighted by Crippen LogP contribution is -2.51. The highest BCUT2D eigenvalue weighted by Gasteiger charge is 2.42. The number of likely N-dealkylation sites (tertiary alicyclic amines) is 1. The van der Waals surface area contributed by atoms with Crippen LogP contribution in [0.25, 0.3) is 0 Å². The van der Waals surface area contributed by atoms with Crippen molar-refractivity contribution in [2.45, 2.75) is 38.7 Å². The number of hydrogen-bond donors (Lipinski definition) is 1. The Bertz CT molecular complexity index is 210. The van der Waals surface area contributed by atoms with Crippen LogP contribution in [0, 0.1) is 0 Å². The van der Waals surface area contributed by atoms with Crippen LogP contribution in [-0.4, -0.2) is 47.8 Å². The molecule has 0 amide bonds. The number of hydrogen-bond acceptors (Lipinski definition) is 3. The third-order valence-corrected chi connectivity index (χ3v) is 3.08. The van der Waals surface area contributed by atoms with Crippen molar-refractivity contribution >= 4 is 5.97 Å². The predicted octanol–water partition coefficient (Wildman–Crippen LogP) is 1.35. The molecule has 1 heterocycles. The number of rotatable bonds is 5. The molecule has 0 aromatic rings. The molecule has 15 heavy (non-hydrogen) atoms. The van der Waals surface area contributed by atoms with Crippen molar-refractivity contribution in [3.8, 4) is 0 Å². The SMILES string of the molecule is CCCOC1(C(=O)O)CCN(CC)CC1. The van der Waals surface area contributed by atoms with Gasteiger partial charge in [0.15, 0.2) is 5.60 Å². The zero-order chi connectivity index (χ0) is 11.3. The second-order valence-corrected chi connectivity index (χ2v) is 4.08. The van der Waals surface area contributed by atoms with Gasteiger partial charge in [0, 0.05) is 19.7 Å². The van der Waals surface area contributed by atoms with E-state index in [2.05, 4.69) is 11.8 Å². The molecule has 0 aromatic carbocycles. The van der Waals surface area contributed by atoms with Gasteiger partial charge in [0.2, 0.25) is 0 Å². The lowest BCUT2D eigenvalue weighted by atomic mass is 9.91. The van der Waals surface area contributed by atoms with Crippen LogP contribution in [-0.2, 0) is 9.53 Å². The number of carboxylic acids is 1. The van der Waals surface area contributed by atoms with E-state index in [1.54, 1.807) is 0 Å². The van der Waals surface area contributed by atoms with Gasteiger partial charge < -0.3 is 14.7 Å². The molecule has 0 bridgehead atoms. The van der Waals surface area contributed by atoms with Gasteiger partial charge in [-0.15, -0.1) is 0 Å². The first-order valence-electron chi connectivity index (χ1n) is 5.74. The van der Waals surface area contributed by atoms with Gasteiger partial charge in [-0.25, -0.2) is 4.79 Å². The molecule has 1 aliphatic rings. The monoisotopic (exact) mass is 215 g/mol. The molecule has 1 N–H and O–H groups in total. The molecule has 4 nitrogen and oxygen atoms in total. The van der Waals surface area contributed by atoms with Crippen molar-refractivity contribution in [1.29, 1.82) is 0 Å². The molecule has 4 heteroatoms. The fourth-order valence-corrected chi connectivity index (χ4v) is 1.95. The Morgan fingerprint density at radius 2 is 2.00 bits per heavy atom. The highest BCUT2D eigenvalue weighted by molar-refractivity contribution is 5.77. The molecule has 88 valence electrons. The van der Waals surface area contributed by atoms with Crippen LogP contribution < -0.4 is 0 Å². The molecule has 0 saturated carbocycles. The largest absolute Gasteiger partial charge is 0.479 e. The summed E-state index contributed by atoms with van der Waals surface area (Å²) in [6.45, 7) is 7.28. The first-order valence-corrected chi connectivity index (χ1v) is 5.74. The minimum absolute atomic E-state index is 0.540. The van der Waals surface area contributed by atoms with Gasteiger partial charge in [-0.3, -0.25) is 0 Å². The van der Waals surface area contributed by atoms with E-state index >= 15 is 0 Å². The van der Waals surface area contributed by atoms with Gasteiger partial charge in [0.25, 0.3) is 0 Å². The van der Waals surface area contributed by atoms with Gasteiger partial charge in [0.1, 0.15) is 0 Å². The van der Waals surface area contributed by atoms with E-state index in [-0.39, 0.29) is 0 Å². The Morgan fingerprint density at radius 3 is 2.40 bits per heavy atom. The molecular weight excluding hydrogens is 194 g/mol. The zero-order valence-corrected chi connectivity index (χ0v) is 9.66. The van der Waals surface area contributed by atoms with Crippen LogP contribution in [0.1, 0.15) is 33.1 Å². The molecule has 0 radical (unpaired) electrons. The van der Waals surface area contributed by atoms with E-state index < -0.39 is 11.6 Å². The minimum Gasteiger partial charge on any atom is -0.479 e. The van der Waals surface area contributed by atoms with Crippen molar-refractivity contribution in [1.82, 2.24) is 4.90 Å².